The molecule has 0 amide bonds. The molecule has 2 atom stereocenters. The van der Waals surface area contributed by atoms with Gasteiger partial charge in [-0.1, -0.05) is 298 Å². The second-order valence-corrected chi connectivity index (χ2v) is 24.8. The second-order valence-electron chi connectivity index (χ2n) is 24.8. The number of carbonyl (C=O) groups is 3. The number of likely N-dealkylation sites (N-methyl/N-ethyl adjacent to an activating group) is 1. The van der Waals surface area contributed by atoms with E-state index in [1.54, 1.807) is 0 Å². The van der Waals surface area contributed by atoms with E-state index in [4.69, 9.17) is 18.9 Å². The van der Waals surface area contributed by atoms with Crippen LogP contribution in [0.25, 0.3) is 0 Å². The number of carbonyl (C=O) groups excluding carboxylic acids is 3. The Morgan fingerprint density at radius 2 is 0.581 bits per heavy atom. The third-order valence-corrected chi connectivity index (χ3v) is 14.8. The van der Waals surface area contributed by atoms with E-state index in [2.05, 4.69) is 208 Å². The van der Waals surface area contributed by atoms with Gasteiger partial charge in [0.15, 0.2) is 12.4 Å². The molecule has 0 radical (unpaired) electrons. The molecule has 0 aromatic heterocycles. The first-order valence-corrected chi connectivity index (χ1v) is 36.6. The van der Waals surface area contributed by atoms with Gasteiger partial charge in [0, 0.05) is 12.8 Å². The van der Waals surface area contributed by atoms with Crippen molar-refractivity contribution < 1.29 is 42.9 Å². The number of unbranched alkanes of at least 4 members (excludes halogenated alkanes) is 18. The summed E-state index contributed by atoms with van der Waals surface area (Å²) >= 11 is 0. The lowest BCUT2D eigenvalue weighted by Gasteiger charge is -2.26. The smallest absolute Gasteiger partial charge is 0.306 e. The molecule has 93 heavy (non-hydrogen) atoms. The molecular weight excluding hydrogens is 1150 g/mol. The Kier molecular flexibility index (Phi) is 67.4. The summed E-state index contributed by atoms with van der Waals surface area (Å²) in [5.41, 5.74) is 0. The second kappa shape index (κ2) is 72.0. The Balaban J connectivity index is 4.20. The number of nitrogens with zero attached hydrogens (tertiary/aromatic N) is 1. The Bertz CT molecular complexity index is 2230. The first-order valence-electron chi connectivity index (χ1n) is 36.6. The summed E-state index contributed by atoms with van der Waals surface area (Å²) in [7, 11) is 5.91. The zero-order valence-electron chi connectivity index (χ0n) is 59.5. The zero-order valence-corrected chi connectivity index (χ0v) is 59.5. The van der Waals surface area contributed by atoms with Crippen LogP contribution < -0.4 is 5.11 Å². The van der Waals surface area contributed by atoms with Crippen LogP contribution in [-0.4, -0.2) is 82.3 Å². The number of quaternary nitrogens is 1. The van der Waals surface area contributed by atoms with E-state index in [0.29, 0.717) is 23.9 Å². The Labute approximate surface area is 570 Å². The first kappa shape index (κ1) is 87.1. The Hall–Kier alpha value is -5.87. The van der Waals surface area contributed by atoms with Gasteiger partial charge in [-0.2, -0.15) is 0 Å². The highest BCUT2D eigenvalue weighted by molar-refractivity contribution is 5.70. The molecule has 9 nitrogen and oxygen atoms in total. The molecule has 0 rings (SSSR count). The number of rotatable bonds is 65. The number of ether oxygens (including phenoxy) is 4. The number of aliphatic carboxylic acids is 1. The van der Waals surface area contributed by atoms with Crippen molar-refractivity contribution in [3.05, 3.63) is 194 Å². The lowest BCUT2D eigenvalue weighted by molar-refractivity contribution is -0.870. The van der Waals surface area contributed by atoms with Crippen molar-refractivity contribution in [3.8, 4) is 0 Å². The fourth-order valence-corrected chi connectivity index (χ4v) is 9.33. The van der Waals surface area contributed by atoms with Gasteiger partial charge in [-0.05, 0) is 141 Å². The zero-order chi connectivity index (χ0) is 67.5. The van der Waals surface area contributed by atoms with Gasteiger partial charge in [0.05, 0.1) is 40.3 Å². The minimum atomic E-state index is -1.64. The molecule has 0 saturated heterocycles. The molecule has 0 aliphatic rings. The SMILES string of the molecule is CC/C=C\C/C=C\C/C=C\C/C=C\C/C=C\C/C=C\C/C=C\C/C=C\CCCCCCCCCCCCCCC(=O)OC(COC(=O)CCCCCCCC/C=C\C/C=C\C/C=C\C/C=C\C/C=C\C/C=C\C/C=C\C/C=C\CC)COC(OCC[N+](C)(C)C)C(=O)[O-]. The van der Waals surface area contributed by atoms with Crippen molar-refractivity contribution in [2.24, 2.45) is 0 Å². The largest absolute Gasteiger partial charge is 0.545 e. The summed E-state index contributed by atoms with van der Waals surface area (Å²) in [6.45, 7) is 4.48. The van der Waals surface area contributed by atoms with Crippen LogP contribution in [0.3, 0.4) is 0 Å². The highest BCUT2D eigenvalue weighted by Gasteiger charge is 2.22. The average molecular weight is 1280 g/mol. The minimum Gasteiger partial charge on any atom is -0.545 e. The summed E-state index contributed by atoms with van der Waals surface area (Å²) < 4.78 is 22.8. The maximum absolute atomic E-state index is 13.0. The van der Waals surface area contributed by atoms with Crippen molar-refractivity contribution in [2.75, 3.05) is 47.5 Å². The van der Waals surface area contributed by atoms with Crippen molar-refractivity contribution in [3.63, 3.8) is 0 Å². The molecule has 522 valence electrons. The molecule has 0 aromatic carbocycles. The molecule has 0 bridgehead atoms. The molecule has 9 heteroatoms. The molecule has 0 fully saturated rings. The molecule has 0 saturated carbocycles. The van der Waals surface area contributed by atoms with Crippen LogP contribution in [0.4, 0.5) is 0 Å². The van der Waals surface area contributed by atoms with Crippen LogP contribution >= 0.6 is 0 Å². The van der Waals surface area contributed by atoms with E-state index in [1.807, 2.05) is 21.1 Å². The summed E-state index contributed by atoms with van der Waals surface area (Å²) in [5, 5.41) is 11.8. The molecule has 0 aliphatic carbocycles. The number of carboxylic acid groups (broad SMARTS) is 1. The van der Waals surface area contributed by atoms with Crippen LogP contribution in [-0.2, 0) is 33.3 Å². The quantitative estimate of drug-likeness (QED) is 0.0195. The average Bonchev–Trinajstić information content (AvgIpc) is 3.73. The number of hydrogen-bond donors (Lipinski definition) is 0. The standard InChI is InChI=1S/C84H133NO8/c1-6-8-10-12-14-16-18-20-22-24-26-28-30-32-34-36-38-39-40-41-42-43-45-47-49-51-53-55-57-59-61-63-65-67-69-71-73-75-82(87)93-80(79-92-84(83(88)89)90-77-76-85(3,4)5)78-91-81(86)74-72-70-68-66-64-62-60-58-56-54-52-50-48-46-44-37-35-33-31-29-27-25-23-21-19-17-15-13-11-9-7-2/h8-11,14-17,20-23,26-29,32-35,38-39,41-42,44-47,50,52,56,58,80,84H,6-7,12-13,18-19,24-25,30-31,36-37,40,43,48-49,51,53-55,57,59-79H2,1-5H3/b10-8-,11-9-,16-14-,17-15-,22-20-,23-21-,28-26-,29-27-,34-32-,35-33-,39-38-,42-41-,46-44-,47-45-,52-50-,58-56-. The van der Waals surface area contributed by atoms with E-state index in [1.165, 1.54) is 51.4 Å². The number of esters is 2. The fourth-order valence-electron chi connectivity index (χ4n) is 9.33. The number of allylic oxidation sites excluding steroid dienone is 32. The van der Waals surface area contributed by atoms with Crippen molar-refractivity contribution >= 4 is 17.9 Å². The van der Waals surface area contributed by atoms with Crippen LogP contribution in [0.2, 0.25) is 0 Å². The predicted octanol–water partition coefficient (Wildman–Crippen LogP) is 22.0. The van der Waals surface area contributed by atoms with Gasteiger partial charge >= 0.3 is 11.9 Å². The third kappa shape index (κ3) is 73.4. The van der Waals surface area contributed by atoms with Crippen LogP contribution in [0.15, 0.2) is 194 Å². The van der Waals surface area contributed by atoms with E-state index in [-0.39, 0.29) is 38.6 Å². The highest BCUT2D eigenvalue weighted by atomic mass is 16.7. The van der Waals surface area contributed by atoms with E-state index in [0.717, 1.165) is 167 Å². The monoisotopic (exact) mass is 1280 g/mol. The van der Waals surface area contributed by atoms with E-state index < -0.39 is 24.3 Å². The van der Waals surface area contributed by atoms with Gasteiger partial charge in [-0.25, -0.2) is 0 Å². The van der Waals surface area contributed by atoms with Crippen LogP contribution in [0.1, 0.15) is 258 Å². The van der Waals surface area contributed by atoms with Crippen molar-refractivity contribution in [1.29, 1.82) is 0 Å². The molecule has 0 N–H and O–H groups in total. The number of carboxylic acids is 1. The summed E-state index contributed by atoms with van der Waals surface area (Å²) in [6, 6.07) is 0. The highest BCUT2D eigenvalue weighted by Crippen LogP contribution is 2.16. The van der Waals surface area contributed by atoms with Crippen molar-refractivity contribution in [1.82, 2.24) is 0 Å². The van der Waals surface area contributed by atoms with Gasteiger partial charge in [0.25, 0.3) is 0 Å². The predicted molar refractivity (Wildman–Crippen MR) is 397 cm³/mol. The summed E-state index contributed by atoms with van der Waals surface area (Å²) in [6.07, 6.45) is 108. The maximum Gasteiger partial charge on any atom is 0.306 e. The third-order valence-electron chi connectivity index (χ3n) is 14.8. The fraction of sp³-hybridized carbons (Fsp3) is 0.583. The van der Waals surface area contributed by atoms with E-state index >= 15 is 0 Å². The topological polar surface area (TPSA) is 111 Å². The molecule has 0 aliphatic heterocycles. The summed E-state index contributed by atoms with van der Waals surface area (Å²) in [5.74, 6) is -2.32. The van der Waals surface area contributed by atoms with Gasteiger partial charge in [0.2, 0.25) is 0 Å². The first-order chi connectivity index (χ1) is 45.6. The minimum absolute atomic E-state index is 0.135. The summed E-state index contributed by atoms with van der Waals surface area (Å²) in [4.78, 5) is 37.5. The van der Waals surface area contributed by atoms with Gasteiger partial charge in [0.1, 0.15) is 13.2 Å². The molecule has 0 aromatic rings. The molecule has 0 spiro atoms. The Morgan fingerprint density at radius 1 is 0.323 bits per heavy atom. The molecule has 2 unspecified atom stereocenters. The van der Waals surface area contributed by atoms with Gasteiger partial charge in [-0.3, -0.25) is 9.59 Å². The normalized spacial score (nSPS) is 13.9. The molecule has 0 heterocycles. The maximum atomic E-state index is 13.0. The number of hydrogen-bond acceptors (Lipinski definition) is 8. The van der Waals surface area contributed by atoms with Crippen LogP contribution in [0.5, 0.6) is 0 Å². The van der Waals surface area contributed by atoms with Gasteiger partial charge in [-0.15, -0.1) is 0 Å². The molecular formula is C84H133NO8. The van der Waals surface area contributed by atoms with Crippen LogP contribution in [0, 0.1) is 0 Å². The Morgan fingerprint density at radius 3 is 0.860 bits per heavy atom. The van der Waals surface area contributed by atoms with E-state index in [9.17, 15) is 19.5 Å². The lowest BCUT2D eigenvalue weighted by Crippen LogP contribution is -2.44. The van der Waals surface area contributed by atoms with Crippen molar-refractivity contribution in [2.45, 2.75) is 270 Å². The van der Waals surface area contributed by atoms with Gasteiger partial charge < -0.3 is 33.3 Å². The lowest BCUT2D eigenvalue weighted by atomic mass is 10.0.